The minimum absolute atomic E-state index is 0.00743. The summed E-state index contributed by atoms with van der Waals surface area (Å²) >= 11 is 0. The molecule has 5 heteroatoms. The maximum atomic E-state index is 12.9. The van der Waals surface area contributed by atoms with Crippen LogP contribution in [0.1, 0.15) is 43.7 Å². The second-order valence-corrected chi connectivity index (χ2v) is 5.62. The van der Waals surface area contributed by atoms with Gasteiger partial charge in [-0.2, -0.15) is 13.2 Å². The molecule has 0 saturated heterocycles. The summed E-state index contributed by atoms with van der Waals surface area (Å²) in [5.74, 6) is 0.585. The van der Waals surface area contributed by atoms with Gasteiger partial charge in [0, 0.05) is 5.69 Å². The molecule has 1 aliphatic carbocycles. The molecule has 1 aromatic rings. The van der Waals surface area contributed by atoms with Crippen LogP contribution < -0.4 is 5.73 Å². The van der Waals surface area contributed by atoms with E-state index < -0.39 is 11.7 Å². The van der Waals surface area contributed by atoms with Crippen LogP contribution in [-0.2, 0) is 17.5 Å². The Kier molecular flexibility index (Phi) is 4.58. The average molecular weight is 287 g/mol. The number of benzene rings is 1. The van der Waals surface area contributed by atoms with Gasteiger partial charge in [-0.3, -0.25) is 0 Å². The van der Waals surface area contributed by atoms with Gasteiger partial charge in [0.1, 0.15) is 0 Å². The van der Waals surface area contributed by atoms with E-state index in [-0.39, 0.29) is 24.0 Å². The van der Waals surface area contributed by atoms with Crippen LogP contribution in [0, 0.1) is 5.92 Å². The lowest BCUT2D eigenvalue weighted by Crippen LogP contribution is -2.22. The fraction of sp³-hybridized carbons (Fsp3) is 0.600. The molecule has 0 bridgehead atoms. The molecule has 2 rings (SSSR count). The Morgan fingerprint density at radius 2 is 2.05 bits per heavy atom. The molecule has 0 spiro atoms. The van der Waals surface area contributed by atoms with Crippen molar-refractivity contribution in [2.24, 2.45) is 5.92 Å². The molecule has 1 aromatic carbocycles. The number of ether oxygens (including phenoxy) is 1. The Bertz CT molecular complexity index is 459. The highest BCUT2D eigenvalue weighted by Crippen LogP contribution is 2.34. The van der Waals surface area contributed by atoms with E-state index >= 15 is 0 Å². The lowest BCUT2D eigenvalue weighted by molar-refractivity contribution is -0.139. The summed E-state index contributed by atoms with van der Waals surface area (Å²) in [5.41, 5.74) is 5.02. The molecule has 0 aromatic heterocycles. The molecule has 2 atom stereocenters. The van der Waals surface area contributed by atoms with Crippen molar-refractivity contribution >= 4 is 5.69 Å². The van der Waals surface area contributed by atoms with Crippen LogP contribution in [0.25, 0.3) is 0 Å². The van der Waals surface area contributed by atoms with E-state index in [1.165, 1.54) is 18.6 Å². The van der Waals surface area contributed by atoms with Crippen molar-refractivity contribution in [1.82, 2.24) is 0 Å². The Balaban J connectivity index is 2.05. The van der Waals surface area contributed by atoms with Crippen molar-refractivity contribution in [2.75, 3.05) is 5.73 Å². The van der Waals surface area contributed by atoms with Crippen LogP contribution in [0.3, 0.4) is 0 Å². The minimum atomic E-state index is -4.39. The van der Waals surface area contributed by atoms with Crippen molar-refractivity contribution < 1.29 is 17.9 Å². The average Bonchev–Trinajstić information content (AvgIpc) is 2.36. The molecule has 0 aliphatic heterocycles. The highest BCUT2D eigenvalue weighted by Gasteiger charge is 2.33. The van der Waals surface area contributed by atoms with E-state index in [9.17, 15) is 13.2 Å². The number of nitrogens with two attached hydrogens (primary N) is 1. The van der Waals surface area contributed by atoms with Crippen molar-refractivity contribution in [3.05, 3.63) is 29.3 Å². The van der Waals surface area contributed by atoms with Crippen molar-refractivity contribution in [2.45, 2.75) is 51.5 Å². The normalized spacial score (nSPS) is 23.8. The van der Waals surface area contributed by atoms with Gasteiger partial charge in [0.25, 0.3) is 0 Å². The SMILES string of the molecule is CC1CCCC(OCc2ccc(N)cc2C(F)(F)F)C1. The first-order valence-electron chi connectivity index (χ1n) is 6.93. The number of anilines is 1. The number of hydrogen-bond acceptors (Lipinski definition) is 2. The van der Waals surface area contributed by atoms with Crippen LogP contribution in [0.2, 0.25) is 0 Å². The molecule has 0 amide bonds. The van der Waals surface area contributed by atoms with Crippen LogP contribution in [0.15, 0.2) is 18.2 Å². The van der Waals surface area contributed by atoms with Gasteiger partial charge in [-0.15, -0.1) is 0 Å². The van der Waals surface area contributed by atoms with E-state index in [4.69, 9.17) is 10.5 Å². The van der Waals surface area contributed by atoms with Crippen molar-refractivity contribution in [1.29, 1.82) is 0 Å². The van der Waals surface area contributed by atoms with E-state index in [2.05, 4.69) is 6.92 Å². The summed E-state index contributed by atoms with van der Waals surface area (Å²) in [6.07, 6.45) is -0.211. The first-order valence-corrected chi connectivity index (χ1v) is 6.93. The van der Waals surface area contributed by atoms with Gasteiger partial charge < -0.3 is 10.5 Å². The number of halogens is 3. The van der Waals surface area contributed by atoms with Crippen LogP contribution in [0.5, 0.6) is 0 Å². The minimum Gasteiger partial charge on any atom is -0.399 e. The predicted molar refractivity (Wildman–Crippen MR) is 72.1 cm³/mol. The van der Waals surface area contributed by atoms with Gasteiger partial charge in [0.05, 0.1) is 18.3 Å². The van der Waals surface area contributed by atoms with Gasteiger partial charge in [-0.1, -0.05) is 25.8 Å². The summed E-state index contributed by atoms with van der Waals surface area (Å²) < 4.78 is 44.5. The van der Waals surface area contributed by atoms with E-state index in [1.807, 2.05) is 0 Å². The summed E-state index contributed by atoms with van der Waals surface area (Å²) in [6.45, 7) is 2.15. The van der Waals surface area contributed by atoms with Crippen molar-refractivity contribution in [3.8, 4) is 0 Å². The molecular weight excluding hydrogens is 267 g/mol. The third-order valence-corrected chi connectivity index (χ3v) is 3.80. The third kappa shape index (κ3) is 3.88. The Hall–Kier alpha value is -1.23. The predicted octanol–water partition coefficient (Wildman–Crippen LogP) is 4.38. The maximum absolute atomic E-state index is 12.9. The fourth-order valence-electron chi connectivity index (χ4n) is 2.72. The van der Waals surface area contributed by atoms with Gasteiger partial charge in [0.2, 0.25) is 0 Å². The van der Waals surface area contributed by atoms with E-state index in [0.29, 0.717) is 5.92 Å². The number of alkyl halides is 3. The molecule has 1 fully saturated rings. The monoisotopic (exact) mass is 287 g/mol. The Morgan fingerprint density at radius 3 is 2.70 bits per heavy atom. The summed E-state index contributed by atoms with van der Waals surface area (Å²) in [6, 6.07) is 3.87. The quantitative estimate of drug-likeness (QED) is 0.837. The van der Waals surface area contributed by atoms with Gasteiger partial charge in [0.15, 0.2) is 0 Å². The molecule has 1 aliphatic rings. The lowest BCUT2D eigenvalue weighted by atomic mass is 9.89. The molecule has 1 saturated carbocycles. The highest BCUT2D eigenvalue weighted by atomic mass is 19.4. The standard InChI is InChI=1S/C15H20F3NO/c1-10-3-2-4-13(7-10)20-9-11-5-6-12(19)8-14(11)15(16,17)18/h5-6,8,10,13H,2-4,7,9,19H2,1H3. The Morgan fingerprint density at radius 1 is 1.30 bits per heavy atom. The molecule has 0 radical (unpaired) electrons. The van der Waals surface area contributed by atoms with Crippen molar-refractivity contribution in [3.63, 3.8) is 0 Å². The smallest absolute Gasteiger partial charge is 0.399 e. The number of rotatable bonds is 3. The van der Waals surface area contributed by atoms with Crippen LogP contribution >= 0.6 is 0 Å². The fourth-order valence-corrected chi connectivity index (χ4v) is 2.72. The summed E-state index contributed by atoms with van der Waals surface area (Å²) in [4.78, 5) is 0. The summed E-state index contributed by atoms with van der Waals surface area (Å²) in [5, 5.41) is 0. The first-order chi connectivity index (χ1) is 9.36. The second-order valence-electron chi connectivity index (χ2n) is 5.62. The zero-order chi connectivity index (χ0) is 14.8. The van der Waals surface area contributed by atoms with Crippen LogP contribution in [-0.4, -0.2) is 6.10 Å². The number of nitrogen functional groups attached to an aromatic ring is 1. The third-order valence-electron chi connectivity index (χ3n) is 3.80. The zero-order valence-electron chi connectivity index (χ0n) is 11.5. The topological polar surface area (TPSA) is 35.2 Å². The molecule has 2 N–H and O–H groups in total. The number of hydrogen-bond donors (Lipinski definition) is 1. The molecule has 112 valence electrons. The van der Waals surface area contributed by atoms with Crippen LogP contribution in [0.4, 0.5) is 18.9 Å². The van der Waals surface area contributed by atoms with E-state index in [0.717, 1.165) is 25.3 Å². The molecular formula is C15H20F3NO. The second kappa shape index (κ2) is 6.04. The maximum Gasteiger partial charge on any atom is 0.416 e. The summed E-state index contributed by atoms with van der Waals surface area (Å²) in [7, 11) is 0. The first kappa shape index (κ1) is 15.2. The molecule has 2 nitrogen and oxygen atoms in total. The largest absolute Gasteiger partial charge is 0.416 e. The van der Waals surface area contributed by atoms with E-state index in [1.54, 1.807) is 0 Å². The Labute approximate surface area is 117 Å². The van der Waals surface area contributed by atoms with Gasteiger partial charge >= 0.3 is 6.18 Å². The molecule has 2 unspecified atom stereocenters. The molecule has 20 heavy (non-hydrogen) atoms. The van der Waals surface area contributed by atoms with Gasteiger partial charge in [-0.05, 0) is 36.5 Å². The zero-order valence-corrected chi connectivity index (χ0v) is 11.5. The lowest BCUT2D eigenvalue weighted by Gasteiger charge is -2.27. The van der Waals surface area contributed by atoms with Gasteiger partial charge in [-0.25, -0.2) is 0 Å². The highest BCUT2D eigenvalue weighted by molar-refractivity contribution is 5.45. The molecule has 0 heterocycles.